The Labute approximate surface area is 175 Å². The predicted molar refractivity (Wildman–Crippen MR) is 114 cm³/mol. The molecule has 0 bridgehead atoms. The quantitative estimate of drug-likeness (QED) is 0.385. The summed E-state index contributed by atoms with van der Waals surface area (Å²) in [5, 5.41) is -0.894. The van der Waals surface area contributed by atoms with Crippen molar-refractivity contribution in [2.75, 3.05) is 7.11 Å². The highest BCUT2D eigenvalue weighted by molar-refractivity contribution is 7.91. The zero-order valence-electron chi connectivity index (χ0n) is 16.4. The maximum absolute atomic E-state index is 13.3. The molecule has 0 heterocycles. The van der Waals surface area contributed by atoms with Crippen LogP contribution >= 0.6 is 0 Å². The highest BCUT2D eigenvalue weighted by Gasteiger charge is 2.28. The van der Waals surface area contributed by atoms with Gasteiger partial charge in [0.05, 0.1) is 22.8 Å². The van der Waals surface area contributed by atoms with Crippen molar-refractivity contribution in [2.45, 2.75) is 16.6 Å². The van der Waals surface area contributed by atoms with Crippen LogP contribution in [0.4, 0.5) is 4.39 Å². The molecule has 154 valence electrons. The molecular formula is C24H21FO4S. The number of hydrogen-bond donors (Lipinski definition) is 0. The number of hydrogen-bond acceptors (Lipinski definition) is 4. The molecule has 0 spiro atoms. The van der Waals surface area contributed by atoms with E-state index in [1.165, 1.54) is 31.4 Å². The Bertz CT molecular complexity index is 1120. The second-order valence-electron chi connectivity index (χ2n) is 6.65. The third-order valence-electron chi connectivity index (χ3n) is 4.68. The first kappa shape index (κ1) is 21.5. The molecule has 0 amide bonds. The van der Waals surface area contributed by atoms with Gasteiger partial charge in [-0.15, -0.1) is 0 Å². The van der Waals surface area contributed by atoms with Gasteiger partial charge in [-0.2, -0.15) is 0 Å². The summed E-state index contributed by atoms with van der Waals surface area (Å²) in [6, 6.07) is 20.6. The van der Waals surface area contributed by atoms with Crippen LogP contribution in [0.2, 0.25) is 0 Å². The average molecular weight is 424 g/mol. The second-order valence-corrected chi connectivity index (χ2v) is 8.78. The van der Waals surface area contributed by atoms with Gasteiger partial charge >= 0.3 is 5.97 Å². The Hall–Kier alpha value is -3.25. The average Bonchev–Trinajstić information content (AvgIpc) is 2.77. The van der Waals surface area contributed by atoms with Crippen LogP contribution in [0.25, 0.3) is 6.08 Å². The van der Waals surface area contributed by atoms with Gasteiger partial charge in [0.2, 0.25) is 0 Å². The molecule has 0 N–H and O–H groups in total. The van der Waals surface area contributed by atoms with Crippen molar-refractivity contribution in [3.63, 3.8) is 0 Å². The summed E-state index contributed by atoms with van der Waals surface area (Å²) in [5.41, 5.74) is 1.82. The van der Waals surface area contributed by atoms with Gasteiger partial charge < -0.3 is 4.74 Å². The number of rotatable bonds is 7. The van der Waals surface area contributed by atoms with E-state index >= 15 is 0 Å². The molecule has 1 unspecified atom stereocenters. The standard InChI is InChI=1S/C24H21FO4S/c1-29-24(26)20-12-10-19(11-13-20)23(9-5-8-18-6-3-2-4-7-18)30(27,28)22-16-14-21(25)15-17-22/h2-8,10-17,23H,9H2,1H3/b8-5+. The van der Waals surface area contributed by atoms with Crippen LogP contribution in [0, 0.1) is 5.82 Å². The molecule has 0 saturated heterocycles. The monoisotopic (exact) mass is 424 g/mol. The molecule has 1 atom stereocenters. The minimum atomic E-state index is -3.80. The lowest BCUT2D eigenvalue weighted by Crippen LogP contribution is -2.14. The minimum Gasteiger partial charge on any atom is -0.465 e. The van der Waals surface area contributed by atoms with Crippen LogP contribution in [0.3, 0.4) is 0 Å². The Morgan fingerprint density at radius 3 is 2.20 bits per heavy atom. The van der Waals surface area contributed by atoms with Crippen molar-refractivity contribution in [3.05, 3.63) is 107 Å². The molecule has 0 aliphatic rings. The highest BCUT2D eigenvalue weighted by atomic mass is 32.2. The zero-order valence-corrected chi connectivity index (χ0v) is 17.2. The van der Waals surface area contributed by atoms with Gasteiger partial charge in [0.25, 0.3) is 0 Å². The van der Waals surface area contributed by atoms with E-state index in [4.69, 9.17) is 4.74 Å². The Morgan fingerprint density at radius 2 is 1.60 bits per heavy atom. The summed E-state index contributed by atoms with van der Waals surface area (Å²) in [6.07, 6.45) is 3.87. The van der Waals surface area contributed by atoms with Gasteiger partial charge in [0, 0.05) is 0 Å². The largest absolute Gasteiger partial charge is 0.465 e. The number of ether oxygens (including phenoxy) is 1. The van der Waals surface area contributed by atoms with Crippen LogP contribution in [0.1, 0.15) is 33.2 Å². The molecule has 4 nitrogen and oxygen atoms in total. The second kappa shape index (κ2) is 9.50. The summed E-state index contributed by atoms with van der Waals surface area (Å²) >= 11 is 0. The van der Waals surface area contributed by atoms with Crippen molar-refractivity contribution < 1.29 is 22.3 Å². The van der Waals surface area contributed by atoms with Gasteiger partial charge in [-0.1, -0.05) is 54.6 Å². The normalized spacial score (nSPS) is 12.6. The number of methoxy groups -OCH3 is 1. The van der Waals surface area contributed by atoms with Crippen molar-refractivity contribution in [2.24, 2.45) is 0 Å². The first-order chi connectivity index (χ1) is 14.4. The summed E-state index contributed by atoms with van der Waals surface area (Å²) in [6.45, 7) is 0. The summed E-state index contributed by atoms with van der Waals surface area (Å²) < 4.78 is 44.6. The van der Waals surface area contributed by atoms with E-state index in [-0.39, 0.29) is 11.3 Å². The van der Waals surface area contributed by atoms with E-state index < -0.39 is 26.9 Å². The van der Waals surface area contributed by atoms with Crippen molar-refractivity contribution >= 4 is 21.9 Å². The Kier molecular flexibility index (Phi) is 6.79. The van der Waals surface area contributed by atoms with E-state index in [0.29, 0.717) is 11.1 Å². The fraction of sp³-hybridized carbons (Fsp3) is 0.125. The van der Waals surface area contributed by atoms with E-state index in [0.717, 1.165) is 17.7 Å². The lowest BCUT2D eigenvalue weighted by molar-refractivity contribution is 0.0600. The summed E-state index contributed by atoms with van der Waals surface area (Å²) in [5.74, 6) is -1.000. The molecule has 3 aromatic carbocycles. The topological polar surface area (TPSA) is 60.4 Å². The first-order valence-electron chi connectivity index (χ1n) is 9.31. The number of sulfone groups is 1. The molecular weight excluding hydrogens is 403 g/mol. The number of benzene rings is 3. The highest BCUT2D eigenvalue weighted by Crippen LogP contribution is 2.33. The molecule has 6 heteroatoms. The fourth-order valence-corrected chi connectivity index (χ4v) is 4.80. The summed E-state index contributed by atoms with van der Waals surface area (Å²) in [7, 11) is -2.51. The number of halogens is 1. The van der Waals surface area contributed by atoms with Crippen molar-refractivity contribution in [3.8, 4) is 0 Å². The first-order valence-corrected chi connectivity index (χ1v) is 10.9. The SMILES string of the molecule is COC(=O)c1ccc(C(C/C=C/c2ccccc2)S(=O)(=O)c2ccc(F)cc2)cc1. The molecule has 3 aromatic rings. The number of allylic oxidation sites excluding steroid dienone is 1. The molecule has 0 radical (unpaired) electrons. The Morgan fingerprint density at radius 1 is 0.967 bits per heavy atom. The fourth-order valence-electron chi connectivity index (χ4n) is 3.07. The zero-order chi connectivity index (χ0) is 21.6. The van der Waals surface area contributed by atoms with Gasteiger partial charge in [-0.25, -0.2) is 17.6 Å². The van der Waals surface area contributed by atoms with Gasteiger partial charge in [-0.3, -0.25) is 0 Å². The lowest BCUT2D eigenvalue weighted by atomic mass is 10.1. The Balaban J connectivity index is 1.96. The van der Waals surface area contributed by atoms with E-state index in [1.807, 2.05) is 36.4 Å². The molecule has 0 fully saturated rings. The van der Waals surface area contributed by atoms with Crippen molar-refractivity contribution in [1.82, 2.24) is 0 Å². The molecule has 30 heavy (non-hydrogen) atoms. The van der Waals surface area contributed by atoms with E-state index in [9.17, 15) is 17.6 Å². The van der Waals surface area contributed by atoms with Crippen LogP contribution < -0.4 is 0 Å². The lowest BCUT2D eigenvalue weighted by Gasteiger charge is -2.17. The van der Waals surface area contributed by atoms with Gasteiger partial charge in [0.15, 0.2) is 9.84 Å². The van der Waals surface area contributed by atoms with Crippen LogP contribution in [-0.4, -0.2) is 21.5 Å². The molecule has 0 aliphatic heterocycles. The van der Waals surface area contributed by atoms with Crippen LogP contribution in [0.15, 0.2) is 89.8 Å². The van der Waals surface area contributed by atoms with Crippen LogP contribution in [0.5, 0.6) is 0 Å². The molecule has 0 aliphatic carbocycles. The smallest absolute Gasteiger partial charge is 0.337 e. The number of esters is 1. The minimum absolute atomic E-state index is 0.0408. The molecule has 0 aromatic heterocycles. The molecule has 0 saturated carbocycles. The van der Waals surface area contributed by atoms with Crippen LogP contribution in [-0.2, 0) is 14.6 Å². The van der Waals surface area contributed by atoms with Gasteiger partial charge in [-0.05, 0) is 53.9 Å². The van der Waals surface area contributed by atoms with E-state index in [1.54, 1.807) is 18.2 Å². The third kappa shape index (κ3) is 5.02. The van der Waals surface area contributed by atoms with Crippen molar-refractivity contribution in [1.29, 1.82) is 0 Å². The maximum Gasteiger partial charge on any atom is 0.337 e. The van der Waals surface area contributed by atoms with Gasteiger partial charge in [0.1, 0.15) is 5.82 Å². The maximum atomic E-state index is 13.3. The summed E-state index contributed by atoms with van der Waals surface area (Å²) in [4.78, 5) is 11.7. The number of carbonyl (C=O) groups excluding carboxylic acids is 1. The van der Waals surface area contributed by atoms with E-state index in [2.05, 4.69) is 0 Å². The number of carbonyl (C=O) groups is 1. The molecule has 3 rings (SSSR count). The predicted octanol–water partition coefficient (Wildman–Crippen LogP) is 5.23. The third-order valence-corrected chi connectivity index (χ3v) is 6.82.